The van der Waals surface area contributed by atoms with Crippen molar-refractivity contribution >= 4 is 22.5 Å². The molecule has 0 aliphatic carbocycles. The highest BCUT2D eigenvalue weighted by molar-refractivity contribution is 5.97. The number of fused-ring (bicyclic) bond motifs is 1. The van der Waals surface area contributed by atoms with E-state index in [2.05, 4.69) is 35.1 Å². The van der Waals surface area contributed by atoms with Gasteiger partial charge >= 0.3 is 0 Å². The molecule has 3 rings (SSSR count). The molecule has 0 radical (unpaired) electrons. The molecule has 0 unspecified atom stereocenters. The fraction of sp³-hybridized carbons (Fsp3) is 0.0667. The molecule has 2 aromatic carbocycles. The number of nitrogens with two attached hydrogens (primary N) is 2. The zero-order chi connectivity index (χ0) is 13.4. The maximum Gasteiger partial charge on any atom is 0.222 e. The number of aryl methyl sites for hydroxylation is 1. The first kappa shape index (κ1) is 11.5. The fourth-order valence-corrected chi connectivity index (χ4v) is 2.30. The third kappa shape index (κ3) is 1.97. The second-order valence-electron chi connectivity index (χ2n) is 4.51. The van der Waals surface area contributed by atoms with E-state index in [1.54, 1.807) is 6.07 Å². The molecule has 1 aromatic heterocycles. The Morgan fingerprint density at radius 2 is 1.63 bits per heavy atom. The molecule has 3 aromatic rings. The summed E-state index contributed by atoms with van der Waals surface area (Å²) >= 11 is 0. The van der Waals surface area contributed by atoms with Crippen LogP contribution in [0.5, 0.6) is 0 Å². The monoisotopic (exact) mass is 250 g/mol. The number of hydrogen-bond acceptors (Lipinski definition) is 4. The summed E-state index contributed by atoms with van der Waals surface area (Å²) < 4.78 is 0. The third-order valence-corrected chi connectivity index (χ3v) is 3.18. The van der Waals surface area contributed by atoms with Crippen LogP contribution in [-0.4, -0.2) is 9.97 Å². The van der Waals surface area contributed by atoms with E-state index in [1.807, 2.05) is 18.2 Å². The first-order chi connectivity index (χ1) is 9.15. The van der Waals surface area contributed by atoms with Crippen molar-refractivity contribution in [3.63, 3.8) is 0 Å². The molecule has 4 N–H and O–H groups in total. The normalized spacial score (nSPS) is 10.8. The van der Waals surface area contributed by atoms with Crippen LogP contribution in [0.25, 0.3) is 22.0 Å². The molecule has 0 aliphatic heterocycles. The lowest BCUT2D eigenvalue weighted by molar-refractivity contribution is 1.20. The summed E-state index contributed by atoms with van der Waals surface area (Å²) in [5, 5.41) is 2.34. The van der Waals surface area contributed by atoms with Crippen LogP contribution in [0.1, 0.15) is 5.56 Å². The Hall–Kier alpha value is -2.62. The Morgan fingerprint density at radius 1 is 0.895 bits per heavy atom. The van der Waals surface area contributed by atoms with Crippen molar-refractivity contribution < 1.29 is 0 Å². The Labute approximate surface area is 111 Å². The fourth-order valence-electron chi connectivity index (χ4n) is 2.30. The summed E-state index contributed by atoms with van der Waals surface area (Å²) in [5.74, 6) is 0.576. The predicted molar refractivity (Wildman–Crippen MR) is 78.5 cm³/mol. The summed E-state index contributed by atoms with van der Waals surface area (Å²) in [5.41, 5.74) is 14.4. The molecule has 1 heterocycles. The van der Waals surface area contributed by atoms with E-state index in [0.717, 1.165) is 16.6 Å². The van der Waals surface area contributed by atoms with E-state index in [-0.39, 0.29) is 5.95 Å². The van der Waals surface area contributed by atoms with Crippen molar-refractivity contribution in [1.29, 1.82) is 0 Å². The number of nitrogen functional groups attached to an aromatic ring is 2. The molecular formula is C15H14N4. The van der Waals surface area contributed by atoms with Crippen molar-refractivity contribution in [2.45, 2.75) is 6.92 Å². The summed E-state index contributed by atoms with van der Waals surface area (Å²) in [4.78, 5) is 8.17. The first-order valence-electron chi connectivity index (χ1n) is 6.04. The number of anilines is 2. The van der Waals surface area contributed by atoms with Crippen LogP contribution in [-0.2, 0) is 0 Å². The molecule has 0 fully saturated rings. The van der Waals surface area contributed by atoms with Gasteiger partial charge in [-0.3, -0.25) is 0 Å². The molecule has 94 valence electrons. The summed E-state index contributed by atoms with van der Waals surface area (Å²) in [6.45, 7) is 2.09. The minimum Gasteiger partial charge on any atom is -0.384 e. The molecule has 0 saturated heterocycles. The zero-order valence-corrected chi connectivity index (χ0v) is 10.6. The van der Waals surface area contributed by atoms with Gasteiger partial charge in [-0.1, -0.05) is 36.4 Å². The molecule has 0 saturated carbocycles. The van der Waals surface area contributed by atoms with Gasteiger partial charge in [0.15, 0.2) is 0 Å². The molecule has 0 amide bonds. The highest BCUT2D eigenvalue weighted by Gasteiger charge is 2.08. The van der Waals surface area contributed by atoms with Gasteiger partial charge in [0.25, 0.3) is 0 Å². The number of aromatic nitrogens is 2. The molecular weight excluding hydrogens is 236 g/mol. The first-order valence-corrected chi connectivity index (χ1v) is 6.04. The van der Waals surface area contributed by atoms with Crippen LogP contribution in [0.3, 0.4) is 0 Å². The molecule has 4 heteroatoms. The lowest BCUT2D eigenvalue weighted by Gasteiger charge is -2.09. The number of hydrogen-bond donors (Lipinski definition) is 2. The van der Waals surface area contributed by atoms with E-state index in [4.69, 9.17) is 11.5 Å². The van der Waals surface area contributed by atoms with Gasteiger partial charge in [-0.15, -0.1) is 0 Å². The Kier molecular flexibility index (Phi) is 2.56. The van der Waals surface area contributed by atoms with Crippen LogP contribution < -0.4 is 11.5 Å². The lowest BCUT2D eigenvalue weighted by Crippen LogP contribution is -2.00. The van der Waals surface area contributed by atoms with E-state index in [1.165, 1.54) is 10.9 Å². The van der Waals surface area contributed by atoms with Crippen molar-refractivity contribution in [2.24, 2.45) is 0 Å². The third-order valence-electron chi connectivity index (χ3n) is 3.18. The molecule has 0 bridgehead atoms. The Balaban J connectivity index is 2.34. The minimum absolute atomic E-state index is 0.194. The molecule has 0 spiro atoms. The summed E-state index contributed by atoms with van der Waals surface area (Å²) in [6, 6.07) is 14.1. The van der Waals surface area contributed by atoms with Gasteiger partial charge in [0.05, 0.1) is 5.69 Å². The highest BCUT2D eigenvalue weighted by Crippen LogP contribution is 2.30. The van der Waals surface area contributed by atoms with E-state index < -0.39 is 0 Å². The number of rotatable bonds is 1. The second kappa shape index (κ2) is 4.24. The topological polar surface area (TPSA) is 77.8 Å². The second-order valence-corrected chi connectivity index (χ2v) is 4.51. The van der Waals surface area contributed by atoms with Crippen molar-refractivity contribution in [1.82, 2.24) is 9.97 Å². The minimum atomic E-state index is 0.194. The predicted octanol–water partition coefficient (Wildman–Crippen LogP) is 2.77. The highest BCUT2D eigenvalue weighted by atomic mass is 15.0. The SMILES string of the molecule is Cc1ccc(-c2cc(N)nc(N)n2)c2ccccc12. The van der Waals surface area contributed by atoms with Crippen LogP contribution >= 0.6 is 0 Å². The van der Waals surface area contributed by atoms with Crippen LogP contribution in [0.4, 0.5) is 11.8 Å². The molecule has 0 aliphatic rings. The van der Waals surface area contributed by atoms with Gasteiger partial charge in [-0.25, -0.2) is 4.98 Å². The smallest absolute Gasteiger partial charge is 0.222 e. The van der Waals surface area contributed by atoms with Crippen molar-refractivity contribution in [2.75, 3.05) is 11.5 Å². The lowest BCUT2D eigenvalue weighted by atomic mass is 9.98. The summed E-state index contributed by atoms with van der Waals surface area (Å²) in [6.07, 6.45) is 0. The van der Waals surface area contributed by atoms with Gasteiger partial charge in [0.2, 0.25) is 5.95 Å². The van der Waals surface area contributed by atoms with Crippen LogP contribution in [0.2, 0.25) is 0 Å². The summed E-state index contributed by atoms with van der Waals surface area (Å²) in [7, 11) is 0. The molecule has 4 nitrogen and oxygen atoms in total. The van der Waals surface area contributed by atoms with Gasteiger partial charge in [0.1, 0.15) is 5.82 Å². The van der Waals surface area contributed by atoms with E-state index in [9.17, 15) is 0 Å². The van der Waals surface area contributed by atoms with Crippen molar-refractivity contribution in [3.05, 3.63) is 48.0 Å². The average Bonchev–Trinajstić information content (AvgIpc) is 2.38. The van der Waals surface area contributed by atoms with Gasteiger partial charge in [0, 0.05) is 11.6 Å². The van der Waals surface area contributed by atoms with Gasteiger partial charge < -0.3 is 11.5 Å². The number of benzene rings is 2. The van der Waals surface area contributed by atoms with Crippen LogP contribution in [0, 0.1) is 6.92 Å². The van der Waals surface area contributed by atoms with Crippen molar-refractivity contribution in [3.8, 4) is 11.3 Å². The van der Waals surface area contributed by atoms with Gasteiger partial charge in [-0.2, -0.15) is 4.98 Å². The molecule has 19 heavy (non-hydrogen) atoms. The maximum atomic E-state index is 5.74. The zero-order valence-electron chi connectivity index (χ0n) is 10.6. The van der Waals surface area contributed by atoms with E-state index >= 15 is 0 Å². The Morgan fingerprint density at radius 3 is 2.37 bits per heavy atom. The Bertz CT molecular complexity index is 745. The number of nitrogens with zero attached hydrogens (tertiary/aromatic N) is 2. The largest absolute Gasteiger partial charge is 0.384 e. The van der Waals surface area contributed by atoms with Gasteiger partial charge in [-0.05, 0) is 23.3 Å². The molecule has 0 atom stereocenters. The van der Waals surface area contributed by atoms with E-state index in [0.29, 0.717) is 5.82 Å². The standard InChI is InChI=1S/C15H14N4/c1-9-6-7-12(11-5-3-2-4-10(9)11)13-8-14(16)19-15(17)18-13/h2-8H,1H3,(H4,16,17,18,19). The van der Waals surface area contributed by atoms with Crippen LogP contribution in [0.15, 0.2) is 42.5 Å². The quantitative estimate of drug-likeness (QED) is 0.696. The average molecular weight is 250 g/mol. The maximum absolute atomic E-state index is 5.74.